The first-order chi connectivity index (χ1) is 19.2. The number of carbonyl (C=O) groups excluding carboxylic acids is 1. The van der Waals surface area contributed by atoms with Gasteiger partial charge in [-0.25, -0.2) is 4.99 Å². The van der Waals surface area contributed by atoms with Crippen molar-refractivity contribution in [1.29, 1.82) is 5.26 Å². The normalized spacial score (nSPS) is 15.4. The zero-order chi connectivity index (χ0) is 29.2. The smallest absolute Gasteiger partial charge is 0.262 e. The lowest BCUT2D eigenvalue weighted by molar-refractivity contribution is -0.117. The number of hydrogen-bond donors (Lipinski definition) is 2. The Balaban J connectivity index is 1.66. The number of nitrogens with zero attached hydrogens (tertiary/aromatic N) is 3. The highest BCUT2D eigenvalue weighted by molar-refractivity contribution is 6.07. The Kier molecular flexibility index (Phi) is 10.5. The monoisotopic (exact) mass is 539 g/mol. The SMILES string of the molecule is C=C1C(/C=C(\C#N)C(=O)N[C@H](C)c2ccc(OC)c(OC)c2)=CNC1=N/C=C(\C)c1ccc(CCN(C)C)cc1. The average Bonchev–Trinajstić information content (AvgIpc) is 3.31. The number of ether oxygens (including phenoxy) is 2. The molecule has 0 spiro atoms. The molecule has 0 saturated heterocycles. The summed E-state index contributed by atoms with van der Waals surface area (Å²) < 4.78 is 10.6. The standard InChI is InChI=1S/C32H37N5O3/c1-21(25-10-8-24(9-11-25)14-15-37(4)5)19-34-31-22(2)28(20-35-31)16-27(18-33)32(38)36-23(3)26-12-13-29(39-6)30(17-26)40-7/h8-13,16-17,19-20,23H,2,14-15H2,1,3-7H3,(H,34,35)(H,36,38)/b21-19+,27-16+/t23-/m1/s1. The van der Waals surface area contributed by atoms with E-state index in [4.69, 9.17) is 9.47 Å². The summed E-state index contributed by atoms with van der Waals surface area (Å²) in [6.07, 6.45) is 5.98. The molecule has 8 nitrogen and oxygen atoms in total. The molecule has 0 radical (unpaired) electrons. The number of nitriles is 1. The maximum absolute atomic E-state index is 12.9. The van der Waals surface area contributed by atoms with Crippen molar-refractivity contribution in [2.75, 3.05) is 34.9 Å². The minimum absolute atomic E-state index is 0.0381. The summed E-state index contributed by atoms with van der Waals surface area (Å²) in [5, 5.41) is 15.6. The number of carbonyl (C=O) groups is 1. The van der Waals surface area contributed by atoms with Crippen LogP contribution in [0, 0.1) is 11.3 Å². The molecule has 3 rings (SSSR count). The number of hydrogen-bond acceptors (Lipinski definition) is 6. The van der Waals surface area contributed by atoms with Gasteiger partial charge in [-0.2, -0.15) is 5.26 Å². The molecule has 1 atom stereocenters. The van der Waals surface area contributed by atoms with Crippen LogP contribution in [-0.2, 0) is 11.2 Å². The van der Waals surface area contributed by atoms with Crippen LogP contribution in [0.15, 0.2) is 89.2 Å². The average molecular weight is 540 g/mol. The van der Waals surface area contributed by atoms with Gasteiger partial charge >= 0.3 is 0 Å². The zero-order valence-corrected chi connectivity index (χ0v) is 24.0. The van der Waals surface area contributed by atoms with Gasteiger partial charge in [0, 0.05) is 30.1 Å². The van der Waals surface area contributed by atoms with Crippen LogP contribution in [0.5, 0.6) is 11.5 Å². The summed E-state index contributed by atoms with van der Waals surface area (Å²) >= 11 is 0. The number of aliphatic imine (C=N–C) groups is 1. The van der Waals surface area contributed by atoms with Crippen LogP contribution in [0.2, 0.25) is 0 Å². The van der Waals surface area contributed by atoms with Crippen LogP contribution >= 0.6 is 0 Å². The molecular weight excluding hydrogens is 502 g/mol. The number of amides is 1. The molecule has 0 bridgehead atoms. The molecular formula is C32H37N5O3. The van der Waals surface area contributed by atoms with E-state index in [-0.39, 0.29) is 11.6 Å². The molecule has 8 heteroatoms. The number of likely N-dealkylation sites (N-methyl/N-ethyl adjacent to an activating group) is 1. The van der Waals surface area contributed by atoms with Gasteiger partial charge in [-0.15, -0.1) is 0 Å². The molecule has 2 N–H and O–H groups in total. The first-order valence-corrected chi connectivity index (χ1v) is 13.0. The number of benzene rings is 2. The van der Waals surface area contributed by atoms with E-state index in [1.54, 1.807) is 38.8 Å². The Morgan fingerprint density at radius 3 is 2.50 bits per heavy atom. The van der Waals surface area contributed by atoms with Crippen molar-refractivity contribution >= 4 is 17.3 Å². The molecule has 0 saturated carbocycles. The summed E-state index contributed by atoms with van der Waals surface area (Å²) in [5.41, 5.74) is 5.36. The lowest BCUT2D eigenvalue weighted by Gasteiger charge is -2.16. The Morgan fingerprint density at radius 2 is 1.88 bits per heavy atom. The van der Waals surface area contributed by atoms with Crippen LogP contribution in [-0.4, -0.2) is 51.5 Å². The summed E-state index contributed by atoms with van der Waals surface area (Å²) in [4.78, 5) is 19.6. The van der Waals surface area contributed by atoms with Crippen molar-refractivity contribution < 1.29 is 14.3 Å². The van der Waals surface area contributed by atoms with Crippen LogP contribution in [0.1, 0.15) is 36.6 Å². The predicted molar refractivity (Wildman–Crippen MR) is 160 cm³/mol. The summed E-state index contributed by atoms with van der Waals surface area (Å²) in [5.74, 6) is 1.22. The van der Waals surface area contributed by atoms with Crippen molar-refractivity contribution in [3.63, 3.8) is 0 Å². The van der Waals surface area contributed by atoms with Crippen molar-refractivity contribution in [3.05, 3.63) is 101 Å². The van der Waals surface area contributed by atoms with Gasteiger partial charge in [0.25, 0.3) is 5.91 Å². The third-order valence-electron chi connectivity index (χ3n) is 6.56. The third-order valence-corrected chi connectivity index (χ3v) is 6.56. The van der Waals surface area contributed by atoms with Gasteiger partial charge in [0.1, 0.15) is 17.5 Å². The fourth-order valence-corrected chi connectivity index (χ4v) is 4.01. The van der Waals surface area contributed by atoms with Crippen molar-refractivity contribution in [3.8, 4) is 17.6 Å². The molecule has 0 unspecified atom stereocenters. The largest absolute Gasteiger partial charge is 0.493 e. The molecule has 208 valence electrons. The highest BCUT2D eigenvalue weighted by Gasteiger charge is 2.19. The van der Waals surface area contributed by atoms with Crippen LogP contribution < -0.4 is 20.1 Å². The van der Waals surface area contributed by atoms with E-state index in [1.807, 2.05) is 26.0 Å². The molecule has 2 aromatic carbocycles. The van der Waals surface area contributed by atoms with E-state index >= 15 is 0 Å². The Hall–Kier alpha value is -4.61. The van der Waals surface area contributed by atoms with E-state index in [2.05, 4.69) is 65.5 Å². The highest BCUT2D eigenvalue weighted by atomic mass is 16.5. The van der Waals surface area contributed by atoms with Gasteiger partial charge < -0.3 is 25.0 Å². The minimum Gasteiger partial charge on any atom is -0.493 e. The number of methoxy groups -OCH3 is 2. The number of amidine groups is 1. The van der Waals surface area contributed by atoms with Crippen LogP contribution in [0.3, 0.4) is 0 Å². The zero-order valence-electron chi connectivity index (χ0n) is 24.0. The molecule has 1 aliphatic heterocycles. The first-order valence-electron chi connectivity index (χ1n) is 13.0. The number of nitrogens with one attached hydrogen (secondary N) is 2. The fraction of sp³-hybridized carbons (Fsp3) is 0.281. The Morgan fingerprint density at radius 1 is 1.18 bits per heavy atom. The fourth-order valence-electron chi connectivity index (χ4n) is 4.01. The van der Waals surface area contributed by atoms with Crippen molar-refractivity contribution in [2.45, 2.75) is 26.3 Å². The van der Waals surface area contributed by atoms with Crippen molar-refractivity contribution in [1.82, 2.24) is 15.5 Å². The van der Waals surface area contributed by atoms with Crippen molar-refractivity contribution in [2.24, 2.45) is 4.99 Å². The second-order valence-electron chi connectivity index (χ2n) is 9.74. The summed E-state index contributed by atoms with van der Waals surface area (Å²) in [7, 11) is 7.25. The van der Waals surface area contributed by atoms with Gasteiger partial charge in [0.05, 0.1) is 20.3 Å². The topological polar surface area (TPSA) is 99.0 Å². The second kappa shape index (κ2) is 14.0. The quantitative estimate of drug-likeness (QED) is 0.310. The van der Waals surface area contributed by atoms with Crippen LogP contribution in [0.4, 0.5) is 0 Å². The van der Waals surface area contributed by atoms with Gasteiger partial charge in [0.2, 0.25) is 0 Å². The van der Waals surface area contributed by atoms with Gasteiger partial charge in [-0.3, -0.25) is 4.79 Å². The molecule has 2 aromatic rings. The molecule has 0 fully saturated rings. The first kappa shape index (κ1) is 29.9. The summed E-state index contributed by atoms with van der Waals surface area (Å²) in [6.45, 7) is 8.94. The minimum atomic E-state index is -0.492. The molecule has 0 aliphatic carbocycles. The third kappa shape index (κ3) is 7.71. The second-order valence-corrected chi connectivity index (χ2v) is 9.74. The van der Waals surface area contributed by atoms with E-state index in [0.29, 0.717) is 28.5 Å². The molecule has 40 heavy (non-hydrogen) atoms. The molecule has 1 heterocycles. The number of allylic oxidation sites excluding steroid dienone is 2. The molecule has 1 aliphatic rings. The summed E-state index contributed by atoms with van der Waals surface area (Å²) in [6, 6.07) is 15.5. The molecule has 1 amide bonds. The van der Waals surface area contributed by atoms with Gasteiger partial charge in [-0.1, -0.05) is 36.9 Å². The van der Waals surface area contributed by atoms with Gasteiger partial charge in [-0.05, 0) is 74.8 Å². The van der Waals surface area contributed by atoms with E-state index in [1.165, 1.54) is 11.6 Å². The van der Waals surface area contributed by atoms with Gasteiger partial charge in [0.15, 0.2) is 11.5 Å². The molecule has 0 aromatic heterocycles. The lowest BCUT2D eigenvalue weighted by Crippen LogP contribution is -2.27. The maximum Gasteiger partial charge on any atom is 0.262 e. The maximum atomic E-state index is 12.9. The van der Waals surface area contributed by atoms with E-state index in [0.717, 1.165) is 29.7 Å². The predicted octanol–water partition coefficient (Wildman–Crippen LogP) is 4.94. The van der Waals surface area contributed by atoms with E-state index in [9.17, 15) is 10.1 Å². The Bertz CT molecular complexity index is 1410. The Labute approximate surface area is 237 Å². The van der Waals surface area contributed by atoms with Crippen LogP contribution in [0.25, 0.3) is 5.57 Å². The number of rotatable bonds is 11. The highest BCUT2D eigenvalue weighted by Crippen LogP contribution is 2.30. The lowest BCUT2D eigenvalue weighted by atomic mass is 10.0. The van der Waals surface area contributed by atoms with E-state index < -0.39 is 5.91 Å².